The number of nitrogens with zero attached hydrogens (tertiary/aromatic N) is 1. The van der Waals surface area contributed by atoms with Crippen molar-refractivity contribution in [1.29, 1.82) is 0 Å². The summed E-state index contributed by atoms with van der Waals surface area (Å²) in [5.74, 6) is 1.71. The first kappa shape index (κ1) is 14.4. The largest absolute Gasteiger partial charge is 0.385 e. The highest BCUT2D eigenvalue weighted by atomic mass is 16.2. The van der Waals surface area contributed by atoms with Crippen molar-refractivity contribution < 1.29 is 4.79 Å². The monoisotopic (exact) mass is 286 g/mol. The maximum atomic E-state index is 13.0. The van der Waals surface area contributed by atoms with Gasteiger partial charge in [-0.15, -0.1) is 0 Å². The second-order valence-electron chi connectivity index (χ2n) is 6.68. The van der Waals surface area contributed by atoms with E-state index >= 15 is 0 Å². The first-order valence-electron chi connectivity index (χ1n) is 8.31. The van der Waals surface area contributed by atoms with Gasteiger partial charge in [-0.2, -0.15) is 0 Å². The Morgan fingerprint density at radius 3 is 2.33 bits per heavy atom. The Labute approximate surface area is 127 Å². The molecule has 3 rings (SSSR count). The number of hydrogen-bond acceptors (Lipinski definition) is 2. The summed E-state index contributed by atoms with van der Waals surface area (Å²) < 4.78 is 0. The molecule has 114 valence electrons. The highest BCUT2D eigenvalue weighted by Crippen LogP contribution is 2.34. The zero-order valence-corrected chi connectivity index (χ0v) is 13.2. The van der Waals surface area contributed by atoms with Crippen molar-refractivity contribution in [1.82, 2.24) is 4.90 Å². The van der Waals surface area contributed by atoms with Gasteiger partial charge in [0.05, 0.1) is 5.56 Å². The van der Waals surface area contributed by atoms with Crippen LogP contribution in [0.3, 0.4) is 0 Å². The fraction of sp³-hybridized carbons (Fsp3) is 0.611. The van der Waals surface area contributed by atoms with Crippen molar-refractivity contribution in [2.75, 3.05) is 25.0 Å². The Hall–Kier alpha value is -1.51. The van der Waals surface area contributed by atoms with E-state index in [2.05, 4.69) is 30.1 Å². The van der Waals surface area contributed by atoms with Crippen molar-refractivity contribution >= 4 is 11.6 Å². The molecule has 0 aliphatic heterocycles. The number of hydrogen-bond donors (Lipinski definition) is 1. The highest BCUT2D eigenvalue weighted by molar-refractivity contribution is 5.99. The van der Waals surface area contributed by atoms with Crippen LogP contribution < -0.4 is 5.32 Å². The molecule has 1 N–H and O–H groups in total. The summed E-state index contributed by atoms with van der Waals surface area (Å²) in [6, 6.07) is 6.12. The Balaban J connectivity index is 1.79. The lowest BCUT2D eigenvalue weighted by molar-refractivity contribution is 0.0740. The molecule has 0 radical (unpaired) electrons. The molecule has 0 bridgehead atoms. The molecule has 1 aromatic rings. The minimum absolute atomic E-state index is 0.213. The van der Waals surface area contributed by atoms with Crippen molar-refractivity contribution in [2.45, 2.75) is 39.5 Å². The third-order valence-corrected chi connectivity index (χ3v) is 4.41. The topological polar surface area (TPSA) is 32.3 Å². The molecule has 2 saturated carbocycles. The summed E-state index contributed by atoms with van der Waals surface area (Å²) in [5, 5.41) is 3.34. The molecule has 0 atom stereocenters. The fourth-order valence-corrected chi connectivity index (χ4v) is 2.82. The SMILES string of the molecule is CCNc1cc(C)ccc1C(=O)N(CC1CC1)CC1CC1. The van der Waals surface area contributed by atoms with E-state index in [1.54, 1.807) is 0 Å². The molecule has 0 spiro atoms. The van der Waals surface area contributed by atoms with Gasteiger partial charge in [0.1, 0.15) is 0 Å². The maximum Gasteiger partial charge on any atom is 0.255 e. The fourth-order valence-electron chi connectivity index (χ4n) is 2.82. The van der Waals surface area contributed by atoms with Crippen molar-refractivity contribution in [3.8, 4) is 0 Å². The average Bonchev–Trinajstić information content (AvgIpc) is 3.33. The van der Waals surface area contributed by atoms with Gasteiger partial charge in [0.2, 0.25) is 0 Å². The van der Waals surface area contributed by atoms with E-state index in [1.807, 2.05) is 12.1 Å². The normalized spacial score (nSPS) is 17.6. The summed E-state index contributed by atoms with van der Waals surface area (Å²) in [4.78, 5) is 15.1. The van der Waals surface area contributed by atoms with E-state index in [0.29, 0.717) is 0 Å². The molecule has 3 nitrogen and oxygen atoms in total. The predicted octanol–water partition coefficient (Wildman–Crippen LogP) is 3.69. The average molecular weight is 286 g/mol. The minimum Gasteiger partial charge on any atom is -0.385 e. The van der Waals surface area contributed by atoms with Crippen LogP contribution in [0.25, 0.3) is 0 Å². The number of nitrogens with one attached hydrogen (secondary N) is 1. The van der Waals surface area contributed by atoms with Gasteiger partial charge in [-0.25, -0.2) is 0 Å². The number of amides is 1. The number of carbonyl (C=O) groups excluding carboxylic acids is 1. The highest BCUT2D eigenvalue weighted by Gasteiger charge is 2.32. The third kappa shape index (κ3) is 3.78. The van der Waals surface area contributed by atoms with E-state index in [9.17, 15) is 4.79 Å². The van der Waals surface area contributed by atoms with Gasteiger partial charge in [0, 0.05) is 25.3 Å². The third-order valence-electron chi connectivity index (χ3n) is 4.41. The van der Waals surface area contributed by atoms with Crippen LogP contribution in [-0.4, -0.2) is 30.4 Å². The van der Waals surface area contributed by atoms with Gasteiger partial charge in [-0.1, -0.05) is 6.07 Å². The molecule has 1 aromatic carbocycles. The lowest BCUT2D eigenvalue weighted by Crippen LogP contribution is -2.35. The summed E-state index contributed by atoms with van der Waals surface area (Å²) >= 11 is 0. The molecule has 21 heavy (non-hydrogen) atoms. The number of aryl methyl sites for hydroxylation is 1. The molecular weight excluding hydrogens is 260 g/mol. The quantitative estimate of drug-likeness (QED) is 0.829. The van der Waals surface area contributed by atoms with Crippen LogP contribution in [0, 0.1) is 18.8 Å². The zero-order chi connectivity index (χ0) is 14.8. The molecule has 0 unspecified atom stereocenters. The van der Waals surface area contributed by atoms with Gasteiger partial charge < -0.3 is 10.2 Å². The first-order chi connectivity index (χ1) is 10.2. The Morgan fingerprint density at radius 1 is 1.19 bits per heavy atom. The lowest BCUT2D eigenvalue weighted by Gasteiger charge is -2.24. The van der Waals surface area contributed by atoms with Crippen LogP contribution >= 0.6 is 0 Å². The molecule has 0 saturated heterocycles. The zero-order valence-electron chi connectivity index (χ0n) is 13.2. The van der Waals surface area contributed by atoms with Crippen molar-refractivity contribution in [3.05, 3.63) is 29.3 Å². The number of rotatable bonds is 7. The van der Waals surface area contributed by atoms with E-state index < -0.39 is 0 Å². The van der Waals surface area contributed by atoms with Gasteiger partial charge in [-0.3, -0.25) is 4.79 Å². The summed E-state index contributed by atoms with van der Waals surface area (Å²) in [7, 11) is 0. The van der Waals surface area contributed by atoms with Crippen LogP contribution in [0.5, 0.6) is 0 Å². The smallest absolute Gasteiger partial charge is 0.255 e. The summed E-state index contributed by atoms with van der Waals surface area (Å²) in [6.45, 7) is 6.89. The molecule has 2 aliphatic carbocycles. The standard InChI is InChI=1S/C18H26N2O/c1-3-19-17-10-13(2)4-9-16(17)18(21)20(11-14-5-6-14)12-15-7-8-15/h4,9-10,14-15,19H,3,5-8,11-12H2,1-2H3. The van der Waals surface area contributed by atoms with E-state index in [-0.39, 0.29) is 5.91 Å². The second kappa shape index (κ2) is 6.08. The molecule has 0 heterocycles. The van der Waals surface area contributed by atoms with E-state index in [4.69, 9.17) is 0 Å². The van der Waals surface area contributed by atoms with Crippen LogP contribution in [0.15, 0.2) is 18.2 Å². The first-order valence-corrected chi connectivity index (χ1v) is 8.31. The van der Waals surface area contributed by atoms with Gasteiger partial charge >= 0.3 is 0 Å². The number of carbonyl (C=O) groups is 1. The molecule has 2 fully saturated rings. The second-order valence-corrected chi connectivity index (χ2v) is 6.68. The van der Waals surface area contributed by atoms with Crippen LogP contribution in [-0.2, 0) is 0 Å². The Kier molecular flexibility index (Phi) is 4.18. The summed E-state index contributed by atoms with van der Waals surface area (Å²) in [6.07, 6.45) is 5.18. The maximum absolute atomic E-state index is 13.0. The lowest BCUT2D eigenvalue weighted by atomic mass is 10.1. The van der Waals surface area contributed by atoms with Gasteiger partial charge in [0.15, 0.2) is 0 Å². The van der Waals surface area contributed by atoms with E-state index in [1.165, 1.54) is 31.2 Å². The van der Waals surface area contributed by atoms with Crippen molar-refractivity contribution in [2.24, 2.45) is 11.8 Å². The van der Waals surface area contributed by atoms with Crippen LogP contribution in [0.4, 0.5) is 5.69 Å². The Morgan fingerprint density at radius 2 is 1.81 bits per heavy atom. The van der Waals surface area contributed by atoms with E-state index in [0.717, 1.165) is 42.7 Å². The van der Waals surface area contributed by atoms with Gasteiger partial charge in [-0.05, 0) is 69.1 Å². The minimum atomic E-state index is 0.213. The molecule has 2 aliphatic rings. The number of anilines is 1. The Bertz CT molecular complexity index is 504. The van der Waals surface area contributed by atoms with Crippen molar-refractivity contribution in [3.63, 3.8) is 0 Å². The van der Waals surface area contributed by atoms with Crippen LogP contribution in [0.1, 0.15) is 48.5 Å². The summed E-state index contributed by atoms with van der Waals surface area (Å²) in [5.41, 5.74) is 3.02. The molecule has 0 aromatic heterocycles. The molecular formula is C18H26N2O. The molecule has 3 heteroatoms. The van der Waals surface area contributed by atoms with Gasteiger partial charge in [0.25, 0.3) is 5.91 Å². The number of benzene rings is 1. The molecule has 1 amide bonds. The predicted molar refractivity (Wildman–Crippen MR) is 86.7 cm³/mol. The van der Waals surface area contributed by atoms with Crippen LogP contribution in [0.2, 0.25) is 0 Å².